The second kappa shape index (κ2) is 9.56. The van der Waals surface area contributed by atoms with E-state index in [2.05, 4.69) is 6.92 Å². The van der Waals surface area contributed by atoms with Gasteiger partial charge in [0, 0.05) is 19.5 Å². The molecule has 0 saturated heterocycles. The van der Waals surface area contributed by atoms with Crippen molar-refractivity contribution in [2.75, 3.05) is 13.2 Å². The van der Waals surface area contributed by atoms with E-state index in [4.69, 9.17) is 5.11 Å². The molecule has 0 heterocycles. The number of rotatable bonds is 9. The van der Waals surface area contributed by atoms with Gasteiger partial charge in [-0.1, -0.05) is 56.5 Å². The molecule has 1 N–H and O–H groups in total. The van der Waals surface area contributed by atoms with E-state index in [0.29, 0.717) is 19.5 Å². The maximum atomic E-state index is 12.1. The lowest BCUT2D eigenvalue weighted by atomic mass is 10.1. The van der Waals surface area contributed by atoms with Gasteiger partial charge >= 0.3 is 0 Å². The van der Waals surface area contributed by atoms with E-state index < -0.39 is 0 Å². The molecule has 3 nitrogen and oxygen atoms in total. The Bertz CT molecular complexity index is 351. The van der Waals surface area contributed by atoms with Gasteiger partial charge in [-0.15, -0.1) is 0 Å². The zero-order chi connectivity index (χ0) is 13.9. The third-order valence-corrected chi connectivity index (χ3v) is 3.18. The summed E-state index contributed by atoms with van der Waals surface area (Å²) in [6, 6.07) is 9.92. The Kier molecular flexibility index (Phi) is 7.91. The molecule has 3 heteroatoms. The number of unbranched alkanes of at least 4 members (excludes halogenated alkanes) is 3. The van der Waals surface area contributed by atoms with Crippen LogP contribution in [0.15, 0.2) is 30.3 Å². The van der Waals surface area contributed by atoms with Crippen LogP contribution in [-0.2, 0) is 11.3 Å². The average Bonchev–Trinajstić information content (AvgIpc) is 2.44. The highest BCUT2D eigenvalue weighted by Gasteiger charge is 2.12. The van der Waals surface area contributed by atoms with Crippen LogP contribution in [0.5, 0.6) is 0 Å². The van der Waals surface area contributed by atoms with Crippen molar-refractivity contribution in [3.8, 4) is 0 Å². The van der Waals surface area contributed by atoms with Crippen LogP contribution < -0.4 is 0 Å². The maximum absolute atomic E-state index is 12.1. The monoisotopic (exact) mass is 263 g/mol. The first-order valence-electron chi connectivity index (χ1n) is 7.20. The summed E-state index contributed by atoms with van der Waals surface area (Å²) in [5, 5.41) is 9.08. The highest BCUT2D eigenvalue weighted by atomic mass is 16.3. The van der Waals surface area contributed by atoms with Crippen LogP contribution in [0.1, 0.15) is 44.6 Å². The van der Waals surface area contributed by atoms with Crippen molar-refractivity contribution in [1.29, 1.82) is 0 Å². The molecule has 1 rings (SSSR count). The van der Waals surface area contributed by atoms with Crippen molar-refractivity contribution >= 4 is 5.91 Å². The molecule has 0 aliphatic heterocycles. The number of aliphatic hydroxyl groups excluding tert-OH is 1. The summed E-state index contributed by atoms with van der Waals surface area (Å²) in [6.07, 6.45) is 5.02. The van der Waals surface area contributed by atoms with Crippen LogP contribution >= 0.6 is 0 Å². The summed E-state index contributed by atoms with van der Waals surface area (Å²) in [4.78, 5) is 13.9. The summed E-state index contributed by atoms with van der Waals surface area (Å²) in [6.45, 7) is 3.19. The van der Waals surface area contributed by atoms with Crippen LogP contribution in [-0.4, -0.2) is 29.1 Å². The minimum absolute atomic E-state index is 0.0214. The number of benzene rings is 1. The number of hydrogen-bond acceptors (Lipinski definition) is 2. The van der Waals surface area contributed by atoms with Gasteiger partial charge in [-0.3, -0.25) is 4.79 Å². The molecule has 1 amide bonds. The van der Waals surface area contributed by atoms with Gasteiger partial charge in [0.1, 0.15) is 0 Å². The molecule has 0 spiro atoms. The molecule has 1 aromatic rings. The van der Waals surface area contributed by atoms with E-state index in [9.17, 15) is 4.79 Å². The van der Waals surface area contributed by atoms with E-state index >= 15 is 0 Å². The fourth-order valence-corrected chi connectivity index (χ4v) is 2.08. The smallest absolute Gasteiger partial charge is 0.222 e. The fourth-order valence-electron chi connectivity index (χ4n) is 2.08. The lowest BCUT2D eigenvalue weighted by Gasteiger charge is -2.22. The molecular weight excluding hydrogens is 238 g/mol. The Morgan fingerprint density at radius 2 is 1.89 bits per heavy atom. The minimum atomic E-state index is 0.0214. The Morgan fingerprint density at radius 1 is 1.16 bits per heavy atom. The number of carbonyl (C=O) groups excluding carboxylic acids is 1. The van der Waals surface area contributed by atoms with E-state index in [0.717, 1.165) is 18.4 Å². The van der Waals surface area contributed by atoms with Crippen LogP contribution in [0, 0.1) is 0 Å². The number of amides is 1. The van der Waals surface area contributed by atoms with E-state index in [-0.39, 0.29) is 12.5 Å². The van der Waals surface area contributed by atoms with Crippen LogP contribution in [0.25, 0.3) is 0 Å². The summed E-state index contributed by atoms with van der Waals surface area (Å²) < 4.78 is 0. The molecule has 0 aromatic heterocycles. The second-order valence-corrected chi connectivity index (χ2v) is 4.84. The van der Waals surface area contributed by atoms with E-state index in [1.165, 1.54) is 12.8 Å². The Hall–Kier alpha value is -1.35. The molecule has 0 saturated carbocycles. The SMILES string of the molecule is CCCCCCC(=O)N(CCO)Cc1ccccc1. The van der Waals surface area contributed by atoms with Gasteiger partial charge in [0.25, 0.3) is 0 Å². The van der Waals surface area contributed by atoms with Crippen molar-refractivity contribution in [2.45, 2.75) is 45.6 Å². The first-order valence-corrected chi connectivity index (χ1v) is 7.20. The van der Waals surface area contributed by atoms with Gasteiger partial charge in [0.15, 0.2) is 0 Å². The van der Waals surface area contributed by atoms with Crippen LogP contribution in [0.2, 0.25) is 0 Å². The normalized spacial score (nSPS) is 10.4. The van der Waals surface area contributed by atoms with E-state index in [1.54, 1.807) is 4.90 Å². The molecule has 106 valence electrons. The van der Waals surface area contributed by atoms with Gasteiger partial charge in [-0.25, -0.2) is 0 Å². The van der Waals surface area contributed by atoms with Crippen LogP contribution in [0.3, 0.4) is 0 Å². The lowest BCUT2D eigenvalue weighted by Crippen LogP contribution is -2.32. The summed E-state index contributed by atoms with van der Waals surface area (Å²) >= 11 is 0. The molecule has 0 unspecified atom stereocenters. The molecular formula is C16H25NO2. The van der Waals surface area contributed by atoms with Crippen molar-refractivity contribution < 1.29 is 9.90 Å². The van der Waals surface area contributed by atoms with Gasteiger partial charge in [-0.2, -0.15) is 0 Å². The number of aliphatic hydroxyl groups is 1. The largest absolute Gasteiger partial charge is 0.395 e. The van der Waals surface area contributed by atoms with Crippen molar-refractivity contribution in [1.82, 2.24) is 4.90 Å². The molecule has 19 heavy (non-hydrogen) atoms. The Labute approximate surface area is 116 Å². The molecule has 0 atom stereocenters. The second-order valence-electron chi connectivity index (χ2n) is 4.84. The summed E-state index contributed by atoms with van der Waals surface area (Å²) in [5.74, 6) is 0.147. The molecule has 1 aromatic carbocycles. The Balaban J connectivity index is 2.44. The van der Waals surface area contributed by atoms with Gasteiger partial charge < -0.3 is 10.0 Å². The average molecular weight is 263 g/mol. The lowest BCUT2D eigenvalue weighted by molar-refractivity contribution is -0.132. The quantitative estimate of drug-likeness (QED) is 0.696. The molecule has 0 bridgehead atoms. The molecule has 0 aliphatic rings. The van der Waals surface area contributed by atoms with Gasteiger partial charge in [-0.05, 0) is 12.0 Å². The molecule has 0 radical (unpaired) electrons. The number of nitrogens with zero attached hydrogens (tertiary/aromatic N) is 1. The van der Waals surface area contributed by atoms with Gasteiger partial charge in [0.05, 0.1) is 6.61 Å². The molecule has 0 aliphatic carbocycles. The zero-order valence-corrected chi connectivity index (χ0v) is 11.8. The van der Waals surface area contributed by atoms with E-state index in [1.807, 2.05) is 30.3 Å². The van der Waals surface area contributed by atoms with Crippen molar-refractivity contribution in [3.05, 3.63) is 35.9 Å². The fraction of sp³-hybridized carbons (Fsp3) is 0.562. The highest BCUT2D eigenvalue weighted by molar-refractivity contribution is 5.76. The van der Waals surface area contributed by atoms with Crippen molar-refractivity contribution in [3.63, 3.8) is 0 Å². The van der Waals surface area contributed by atoms with Crippen molar-refractivity contribution in [2.24, 2.45) is 0 Å². The standard InChI is InChI=1S/C16H25NO2/c1-2-3-4-8-11-16(19)17(12-13-18)14-15-9-6-5-7-10-15/h5-7,9-10,18H,2-4,8,11-14H2,1H3. The first kappa shape index (κ1) is 15.7. The number of hydrogen-bond donors (Lipinski definition) is 1. The van der Waals surface area contributed by atoms with Gasteiger partial charge in [0.2, 0.25) is 5.91 Å². The third kappa shape index (κ3) is 6.39. The zero-order valence-electron chi connectivity index (χ0n) is 11.8. The third-order valence-electron chi connectivity index (χ3n) is 3.18. The predicted molar refractivity (Wildman–Crippen MR) is 77.7 cm³/mol. The predicted octanol–water partition coefficient (Wildman–Crippen LogP) is 2.98. The summed E-state index contributed by atoms with van der Waals surface area (Å²) in [7, 11) is 0. The Morgan fingerprint density at radius 3 is 2.53 bits per heavy atom. The highest BCUT2D eigenvalue weighted by Crippen LogP contribution is 2.09. The number of carbonyl (C=O) groups is 1. The maximum Gasteiger partial charge on any atom is 0.222 e. The first-order chi connectivity index (χ1) is 9.27. The van der Waals surface area contributed by atoms with Crippen LogP contribution in [0.4, 0.5) is 0 Å². The summed E-state index contributed by atoms with van der Waals surface area (Å²) in [5.41, 5.74) is 1.11. The minimum Gasteiger partial charge on any atom is -0.395 e. The molecule has 0 fully saturated rings. The topological polar surface area (TPSA) is 40.5 Å².